The molecule has 0 aliphatic heterocycles. The molecule has 0 saturated heterocycles. The van der Waals surface area contributed by atoms with Gasteiger partial charge in [0.25, 0.3) is 0 Å². The summed E-state index contributed by atoms with van der Waals surface area (Å²) in [5.74, 6) is 0.734. The number of hydrogen-bond acceptors (Lipinski definition) is 6. The van der Waals surface area contributed by atoms with E-state index in [0.29, 0.717) is 13.1 Å². The highest BCUT2D eigenvalue weighted by atomic mass is 32.3. The normalized spacial score (nSPS) is 11.5. The zero-order valence-electron chi connectivity index (χ0n) is 10.7. The fourth-order valence-corrected chi connectivity index (χ4v) is 1.90. The highest BCUT2D eigenvalue weighted by Crippen LogP contribution is 2.14. The quantitative estimate of drug-likeness (QED) is 0.790. The van der Waals surface area contributed by atoms with Crippen LogP contribution in [0.4, 0.5) is 3.89 Å². The van der Waals surface area contributed by atoms with Crippen LogP contribution in [-0.2, 0) is 30.6 Å². The van der Waals surface area contributed by atoms with Crippen LogP contribution in [0, 0.1) is 0 Å². The number of aryl methyl sites for hydroxylation is 1. The van der Waals surface area contributed by atoms with Crippen molar-refractivity contribution in [3.05, 3.63) is 42.0 Å². The van der Waals surface area contributed by atoms with E-state index in [1.807, 2.05) is 7.05 Å². The summed E-state index contributed by atoms with van der Waals surface area (Å²) in [6.45, 7) is 1.10. The van der Waals surface area contributed by atoms with Gasteiger partial charge in [-0.3, -0.25) is 0 Å². The van der Waals surface area contributed by atoms with E-state index < -0.39 is 10.5 Å². The van der Waals surface area contributed by atoms with Gasteiger partial charge in [-0.25, -0.2) is 0 Å². The molecule has 1 N–H and O–H groups in total. The summed E-state index contributed by atoms with van der Waals surface area (Å²) in [5.41, 5.74) is 0.899. The minimum Gasteiger partial charge on any atom is -0.358 e. The van der Waals surface area contributed by atoms with E-state index in [-0.39, 0.29) is 5.75 Å². The van der Waals surface area contributed by atoms with Crippen LogP contribution in [0.25, 0.3) is 0 Å². The Hall–Kier alpha value is -2.00. The van der Waals surface area contributed by atoms with Gasteiger partial charge < -0.3 is 14.1 Å². The largest absolute Gasteiger partial charge is 0.488 e. The Bertz CT molecular complexity index is 669. The first-order chi connectivity index (χ1) is 9.44. The first-order valence-corrected chi connectivity index (χ1v) is 7.01. The standard InChI is InChI=1S/C11H13FN4O3S/c1-16-8-14-15-11(16)7-13-6-9-2-4-10(5-3-9)19-20(12,17)18/h2-5,8,13H,6-7H2,1H3. The Morgan fingerprint density at radius 3 is 2.55 bits per heavy atom. The smallest absolute Gasteiger partial charge is 0.358 e. The zero-order valence-corrected chi connectivity index (χ0v) is 11.5. The number of rotatable bonds is 6. The molecule has 0 spiro atoms. The molecule has 0 amide bonds. The summed E-state index contributed by atoms with van der Waals surface area (Å²) in [5, 5.41) is 10.8. The molecule has 0 fully saturated rings. The van der Waals surface area contributed by atoms with Gasteiger partial charge in [0.1, 0.15) is 17.9 Å². The molecule has 0 aliphatic carbocycles. The van der Waals surface area contributed by atoms with Gasteiger partial charge in [0, 0.05) is 13.6 Å². The number of aromatic nitrogens is 3. The number of nitrogens with one attached hydrogen (secondary N) is 1. The lowest BCUT2D eigenvalue weighted by Crippen LogP contribution is -2.15. The third-order valence-corrected chi connectivity index (χ3v) is 2.93. The Labute approximate surface area is 115 Å². The molecule has 0 bridgehead atoms. The third-order valence-electron chi connectivity index (χ3n) is 2.54. The van der Waals surface area contributed by atoms with E-state index in [0.717, 1.165) is 11.4 Å². The van der Waals surface area contributed by atoms with Crippen LogP contribution in [0.5, 0.6) is 5.75 Å². The number of nitrogens with zero attached hydrogens (tertiary/aromatic N) is 3. The first-order valence-electron chi connectivity index (χ1n) is 5.70. The second kappa shape index (κ2) is 5.97. The summed E-state index contributed by atoms with van der Waals surface area (Å²) in [6, 6.07) is 6.06. The Balaban J connectivity index is 1.86. The van der Waals surface area contributed by atoms with Crippen LogP contribution in [0.2, 0.25) is 0 Å². The number of benzene rings is 1. The van der Waals surface area contributed by atoms with Crippen LogP contribution in [0.1, 0.15) is 11.4 Å². The van der Waals surface area contributed by atoms with Crippen molar-refractivity contribution in [1.29, 1.82) is 0 Å². The Morgan fingerprint density at radius 1 is 1.30 bits per heavy atom. The Kier molecular flexibility index (Phi) is 4.30. The molecule has 0 saturated carbocycles. The van der Waals surface area contributed by atoms with E-state index in [2.05, 4.69) is 19.7 Å². The molecule has 1 heterocycles. The molecule has 9 heteroatoms. The Morgan fingerprint density at radius 2 is 2.00 bits per heavy atom. The summed E-state index contributed by atoms with van der Waals surface area (Å²) < 4.78 is 38.8. The average molecular weight is 300 g/mol. The predicted octanol–water partition coefficient (Wildman–Crippen LogP) is 0.698. The lowest BCUT2D eigenvalue weighted by Gasteiger charge is -2.05. The molecule has 2 rings (SSSR count). The van der Waals surface area contributed by atoms with E-state index >= 15 is 0 Å². The molecule has 1 aromatic heterocycles. The SMILES string of the molecule is Cn1cnnc1CNCc1ccc(OS(=O)(=O)F)cc1. The minimum absolute atomic E-state index is 0.0652. The maximum Gasteiger partial charge on any atom is 0.488 e. The van der Waals surface area contributed by atoms with Gasteiger partial charge in [-0.15, -0.1) is 10.2 Å². The fourth-order valence-electron chi connectivity index (χ4n) is 1.56. The van der Waals surface area contributed by atoms with E-state index in [4.69, 9.17) is 0 Å². The molecule has 0 unspecified atom stereocenters. The molecule has 0 atom stereocenters. The van der Waals surface area contributed by atoms with Crippen LogP contribution in [0.3, 0.4) is 0 Å². The van der Waals surface area contributed by atoms with Crippen LogP contribution in [0.15, 0.2) is 30.6 Å². The molecular weight excluding hydrogens is 287 g/mol. The second-order valence-electron chi connectivity index (χ2n) is 4.08. The molecule has 2 aromatic rings. The summed E-state index contributed by atoms with van der Waals surface area (Å²) in [7, 11) is -3.13. The van der Waals surface area contributed by atoms with Crippen molar-refractivity contribution in [1.82, 2.24) is 20.1 Å². The monoisotopic (exact) mass is 300 g/mol. The second-order valence-corrected chi connectivity index (χ2v) is 5.03. The lowest BCUT2D eigenvalue weighted by molar-refractivity contribution is 0.440. The van der Waals surface area contributed by atoms with Gasteiger partial charge in [-0.2, -0.15) is 8.42 Å². The third kappa shape index (κ3) is 4.28. The van der Waals surface area contributed by atoms with Gasteiger partial charge in [0.15, 0.2) is 0 Å². The van der Waals surface area contributed by atoms with E-state index in [9.17, 15) is 12.3 Å². The predicted molar refractivity (Wildman–Crippen MR) is 68.6 cm³/mol. The fraction of sp³-hybridized carbons (Fsp3) is 0.273. The zero-order chi connectivity index (χ0) is 14.6. The number of hydrogen-bond donors (Lipinski definition) is 1. The molecule has 7 nitrogen and oxygen atoms in total. The maximum atomic E-state index is 12.3. The lowest BCUT2D eigenvalue weighted by atomic mass is 10.2. The van der Waals surface area contributed by atoms with Gasteiger partial charge in [-0.1, -0.05) is 16.0 Å². The van der Waals surface area contributed by atoms with Crippen LogP contribution < -0.4 is 9.50 Å². The van der Waals surface area contributed by atoms with Crippen molar-refractivity contribution < 1.29 is 16.5 Å². The number of halogens is 1. The molecule has 0 radical (unpaired) electrons. The highest BCUT2D eigenvalue weighted by molar-refractivity contribution is 7.81. The maximum absolute atomic E-state index is 12.3. The van der Waals surface area contributed by atoms with Gasteiger partial charge in [0.05, 0.1) is 6.54 Å². The van der Waals surface area contributed by atoms with Gasteiger partial charge in [0.2, 0.25) is 0 Å². The van der Waals surface area contributed by atoms with E-state index in [1.165, 1.54) is 12.1 Å². The van der Waals surface area contributed by atoms with Crippen LogP contribution >= 0.6 is 0 Å². The van der Waals surface area contributed by atoms with Crippen molar-refractivity contribution in [2.24, 2.45) is 7.05 Å². The van der Waals surface area contributed by atoms with Crippen molar-refractivity contribution in [3.8, 4) is 5.75 Å². The minimum atomic E-state index is -4.97. The first kappa shape index (κ1) is 14.4. The summed E-state index contributed by atoms with van der Waals surface area (Å²) in [6.07, 6.45) is 1.61. The van der Waals surface area contributed by atoms with Gasteiger partial charge in [-0.05, 0) is 17.7 Å². The van der Waals surface area contributed by atoms with Crippen molar-refractivity contribution in [2.45, 2.75) is 13.1 Å². The average Bonchev–Trinajstić information content (AvgIpc) is 2.76. The van der Waals surface area contributed by atoms with Gasteiger partial charge >= 0.3 is 10.5 Å². The van der Waals surface area contributed by atoms with Crippen molar-refractivity contribution >= 4 is 10.5 Å². The molecule has 0 aliphatic rings. The van der Waals surface area contributed by atoms with Crippen LogP contribution in [-0.4, -0.2) is 23.2 Å². The molecular formula is C11H13FN4O3S. The molecule has 1 aromatic carbocycles. The van der Waals surface area contributed by atoms with Crippen molar-refractivity contribution in [2.75, 3.05) is 0 Å². The highest BCUT2D eigenvalue weighted by Gasteiger charge is 2.08. The molecule has 108 valence electrons. The topological polar surface area (TPSA) is 86.1 Å². The summed E-state index contributed by atoms with van der Waals surface area (Å²) in [4.78, 5) is 0. The summed E-state index contributed by atoms with van der Waals surface area (Å²) >= 11 is 0. The van der Waals surface area contributed by atoms with Crippen molar-refractivity contribution in [3.63, 3.8) is 0 Å². The van der Waals surface area contributed by atoms with E-state index in [1.54, 1.807) is 23.0 Å². The molecule has 20 heavy (non-hydrogen) atoms.